The second kappa shape index (κ2) is 7.95. The highest BCUT2D eigenvalue weighted by Gasteiger charge is 2.42. The predicted octanol–water partition coefficient (Wildman–Crippen LogP) is 1.33. The topological polar surface area (TPSA) is 114 Å². The number of fused-ring (bicyclic) bond motifs is 1. The Bertz CT molecular complexity index is 796. The van der Waals surface area contributed by atoms with Crippen molar-refractivity contribution in [1.29, 1.82) is 0 Å². The van der Waals surface area contributed by atoms with Crippen molar-refractivity contribution in [2.75, 3.05) is 11.1 Å². The van der Waals surface area contributed by atoms with Gasteiger partial charge in [0.2, 0.25) is 5.91 Å². The number of carbonyl (C=O) groups is 2. The fourth-order valence-electron chi connectivity index (χ4n) is 3.47. The molecule has 3 N–H and O–H groups in total. The third-order valence-electron chi connectivity index (χ3n) is 4.85. The van der Waals surface area contributed by atoms with Gasteiger partial charge in [0.25, 0.3) is 0 Å². The van der Waals surface area contributed by atoms with Gasteiger partial charge in [-0.3, -0.25) is 4.79 Å². The molecule has 0 radical (unpaired) electrons. The molecule has 2 saturated heterocycles. The fraction of sp³-hybridized carbons (Fsp3) is 0.471. The van der Waals surface area contributed by atoms with Gasteiger partial charge in [-0.05, 0) is 47.5 Å². The Morgan fingerprint density at radius 2 is 2.11 bits per heavy atom. The third-order valence-corrected chi connectivity index (χ3v) is 6.35. The molecule has 2 aromatic rings. The van der Waals surface area contributed by atoms with Crippen LogP contribution in [0.5, 0.6) is 0 Å². The molecule has 4 rings (SSSR count). The van der Waals surface area contributed by atoms with E-state index in [1.807, 2.05) is 36.0 Å². The maximum Gasteiger partial charge on any atom is 0.315 e. The minimum Gasteiger partial charge on any atom is -0.332 e. The predicted molar refractivity (Wildman–Crippen MR) is 102 cm³/mol. The molecule has 3 heterocycles. The number of anilines is 1. The van der Waals surface area contributed by atoms with E-state index >= 15 is 0 Å². The summed E-state index contributed by atoms with van der Waals surface area (Å²) in [5.41, 5.74) is 1.59. The van der Waals surface area contributed by atoms with E-state index in [1.54, 1.807) is 4.68 Å². The summed E-state index contributed by atoms with van der Waals surface area (Å²) >= 11 is 1.90. The number of aromatic nitrogens is 4. The Morgan fingerprint density at radius 1 is 1.26 bits per heavy atom. The number of nitrogens with zero attached hydrogens (tertiary/aromatic N) is 4. The van der Waals surface area contributed by atoms with E-state index in [-0.39, 0.29) is 24.0 Å². The lowest BCUT2D eigenvalue weighted by atomic mass is 10.0. The smallest absolute Gasteiger partial charge is 0.315 e. The van der Waals surface area contributed by atoms with Crippen LogP contribution in [0.2, 0.25) is 0 Å². The Labute approximate surface area is 160 Å². The van der Waals surface area contributed by atoms with Gasteiger partial charge in [-0.2, -0.15) is 11.8 Å². The summed E-state index contributed by atoms with van der Waals surface area (Å²) in [4.78, 5) is 23.5. The molecule has 0 bridgehead atoms. The van der Waals surface area contributed by atoms with Gasteiger partial charge in [0.05, 0.1) is 17.8 Å². The van der Waals surface area contributed by atoms with Crippen molar-refractivity contribution in [3.8, 4) is 5.69 Å². The van der Waals surface area contributed by atoms with E-state index in [0.717, 1.165) is 36.4 Å². The quantitative estimate of drug-likeness (QED) is 0.488. The van der Waals surface area contributed by atoms with Crippen molar-refractivity contribution in [3.05, 3.63) is 30.6 Å². The van der Waals surface area contributed by atoms with Crippen LogP contribution < -0.4 is 16.0 Å². The summed E-state index contributed by atoms with van der Waals surface area (Å²) in [5, 5.41) is 20.3. The average molecular weight is 387 g/mol. The first-order chi connectivity index (χ1) is 13.2. The minimum absolute atomic E-state index is 0.0120. The van der Waals surface area contributed by atoms with Crippen molar-refractivity contribution >= 4 is 29.4 Å². The van der Waals surface area contributed by atoms with Crippen LogP contribution in [0.1, 0.15) is 25.7 Å². The zero-order valence-corrected chi connectivity index (χ0v) is 15.5. The maximum absolute atomic E-state index is 12.1. The minimum atomic E-state index is -0.0548. The summed E-state index contributed by atoms with van der Waals surface area (Å²) in [6, 6.07) is 7.80. The number of carbonyl (C=O) groups excluding carboxylic acids is 2. The summed E-state index contributed by atoms with van der Waals surface area (Å²) in [5.74, 6) is 0.979. The first-order valence-electron chi connectivity index (χ1n) is 9.01. The number of hydrogen-bond acceptors (Lipinski definition) is 6. The highest BCUT2D eigenvalue weighted by atomic mass is 32.2. The van der Waals surface area contributed by atoms with Gasteiger partial charge >= 0.3 is 6.03 Å². The van der Waals surface area contributed by atoms with E-state index in [0.29, 0.717) is 11.7 Å². The van der Waals surface area contributed by atoms with Crippen LogP contribution >= 0.6 is 11.8 Å². The Balaban J connectivity index is 1.17. The third kappa shape index (κ3) is 4.21. The van der Waals surface area contributed by atoms with E-state index in [9.17, 15) is 9.59 Å². The number of rotatable bonds is 7. The normalized spacial score (nSPS) is 23.6. The van der Waals surface area contributed by atoms with Crippen LogP contribution in [0.4, 0.5) is 10.5 Å². The molecule has 1 aromatic carbocycles. The van der Waals surface area contributed by atoms with Crippen LogP contribution in [0.25, 0.3) is 5.69 Å². The van der Waals surface area contributed by atoms with Crippen LogP contribution in [0, 0.1) is 0 Å². The number of nitrogens with one attached hydrogen (secondary N) is 3. The number of amides is 3. The Morgan fingerprint density at radius 3 is 2.89 bits per heavy atom. The van der Waals surface area contributed by atoms with Gasteiger partial charge in [0.1, 0.15) is 6.33 Å². The van der Waals surface area contributed by atoms with Gasteiger partial charge in [-0.1, -0.05) is 6.42 Å². The van der Waals surface area contributed by atoms with Crippen molar-refractivity contribution in [1.82, 2.24) is 30.8 Å². The Kier molecular flexibility index (Phi) is 5.23. The second-order valence-corrected chi connectivity index (χ2v) is 7.99. The maximum atomic E-state index is 12.1. The molecule has 2 fully saturated rings. The lowest BCUT2D eigenvalue weighted by Gasteiger charge is -2.16. The highest BCUT2D eigenvalue weighted by molar-refractivity contribution is 8.00. The standard InChI is InChI=1S/C17H21N7O2S/c25-15(19-11-5-7-12(8-6-11)24-10-18-22-23-24)4-2-1-3-14-16-13(9-27-14)20-17(26)21-16/h5-8,10,13-14,16H,1-4,9H2,(H,19,25)(H2,20,21,26)/t13-,14+,16+/m0/s1. The molecule has 9 nitrogen and oxygen atoms in total. The van der Waals surface area contributed by atoms with Gasteiger partial charge in [0.15, 0.2) is 0 Å². The van der Waals surface area contributed by atoms with E-state index in [2.05, 4.69) is 31.5 Å². The van der Waals surface area contributed by atoms with Gasteiger partial charge in [-0.15, -0.1) is 5.10 Å². The molecule has 0 aliphatic carbocycles. The molecule has 0 spiro atoms. The molecule has 27 heavy (non-hydrogen) atoms. The summed E-state index contributed by atoms with van der Waals surface area (Å²) < 4.78 is 1.56. The number of tetrazole rings is 1. The first-order valence-corrected chi connectivity index (χ1v) is 10.1. The van der Waals surface area contributed by atoms with E-state index in [1.165, 1.54) is 6.33 Å². The molecule has 3 atom stereocenters. The summed E-state index contributed by atoms with van der Waals surface area (Å²) in [6.45, 7) is 0. The molecule has 142 valence electrons. The molecular formula is C17H21N7O2S. The average Bonchev–Trinajstić information content (AvgIpc) is 3.38. The van der Waals surface area contributed by atoms with E-state index in [4.69, 9.17) is 0 Å². The molecule has 2 aliphatic rings. The lowest BCUT2D eigenvalue weighted by molar-refractivity contribution is -0.116. The molecule has 0 unspecified atom stereocenters. The van der Waals surface area contributed by atoms with Crippen molar-refractivity contribution in [2.24, 2.45) is 0 Å². The van der Waals surface area contributed by atoms with Crippen LogP contribution in [-0.2, 0) is 4.79 Å². The summed E-state index contributed by atoms with van der Waals surface area (Å²) in [7, 11) is 0. The van der Waals surface area contributed by atoms with Gasteiger partial charge in [0, 0.05) is 23.1 Å². The molecule has 0 saturated carbocycles. The van der Waals surface area contributed by atoms with Crippen molar-refractivity contribution in [2.45, 2.75) is 43.0 Å². The first kappa shape index (κ1) is 17.8. The molecule has 2 aliphatic heterocycles. The second-order valence-electron chi connectivity index (χ2n) is 6.72. The van der Waals surface area contributed by atoms with Crippen LogP contribution in [-0.4, -0.2) is 55.2 Å². The van der Waals surface area contributed by atoms with Crippen molar-refractivity contribution in [3.63, 3.8) is 0 Å². The number of unbranched alkanes of at least 4 members (excludes halogenated alkanes) is 1. The van der Waals surface area contributed by atoms with Crippen LogP contribution in [0.3, 0.4) is 0 Å². The van der Waals surface area contributed by atoms with Gasteiger partial charge in [-0.25, -0.2) is 9.48 Å². The zero-order valence-electron chi connectivity index (χ0n) is 14.7. The SMILES string of the molecule is O=C(CCCC[C@H]1SC[C@@H]2NC(=O)N[C@H]21)Nc1ccc(-n2cnnn2)cc1. The molecule has 3 amide bonds. The Hall–Kier alpha value is -2.62. The lowest BCUT2D eigenvalue weighted by Crippen LogP contribution is -2.36. The van der Waals surface area contributed by atoms with E-state index < -0.39 is 0 Å². The largest absolute Gasteiger partial charge is 0.332 e. The number of urea groups is 1. The van der Waals surface area contributed by atoms with Gasteiger partial charge < -0.3 is 16.0 Å². The molecular weight excluding hydrogens is 366 g/mol. The molecule has 1 aromatic heterocycles. The highest BCUT2D eigenvalue weighted by Crippen LogP contribution is 2.33. The van der Waals surface area contributed by atoms with Crippen molar-refractivity contribution < 1.29 is 9.59 Å². The fourth-order valence-corrected chi connectivity index (χ4v) is 5.02. The molecule has 10 heteroatoms. The number of thioether (sulfide) groups is 1. The van der Waals surface area contributed by atoms with Crippen LogP contribution in [0.15, 0.2) is 30.6 Å². The number of hydrogen-bond donors (Lipinski definition) is 3. The zero-order chi connectivity index (χ0) is 18.6. The summed E-state index contributed by atoms with van der Waals surface area (Å²) in [6.07, 6.45) is 4.84. The number of benzene rings is 1. The monoisotopic (exact) mass is 387 g/mol.